The maximum atomic E-state index is 14.2. The summed E-state index contributed by atoms with van der Waals surface area (Å²) < 4.78 is 35.0. The molecule has 2 saturated heterocycles. The van der Waals surface area contributed by atoms with Gasteiger partial charge in [0.25, 0.3) is 15.9 Å². The number of nitrogens with one attached hydrogen (secondary N) is 1. The first kappa shape index (κ1) is 30.9. The van der Waals surface area contributed by atoms with E-state index in [1.165, 1.54) is 15.6 Å². The van der Waals surface area contributed by atoms with Crippen molar-refractivity contribution in [3.8, 4) is 0 Å². The van der Waals surface area contributed by atoms with Crippen LogP contribution in [-0.4, -0.2) is 121 Å². The van der Waals surface area contributed by atoms with E-state index in [1.54, 1.807) is 28.0 Å². The van der Waals surface area contributed by atoms with Crippen molar-refractivity contribution < 1.29 is 27.5 Å². The lowest BCUT2D eigenvalue weighted by Gasteiger charge is -2.41. The summed E-state index contributed by atoms with van der Waals surface area (Å²) in [5.74, 6) is -1.17. The summed E-state index contributed by atoms with van der Waals surface area (Å²) in [5.41, 5.74) is 7.15. The molecule has 0 spiro atoms. The van der Waals surface area contributed by atoms with Crippen LogP contribution in [0.3, 0.4) is 0 Å². The second-order valence-corrected chi connectivity index (χ2v) is 14.7. The first-order valence-corrected chi connectivity index (χ1v) is 17.1. The quantitative estimate of drug-likeness (QED) is 0.379. The Labute approximate surface area is 263 Å². The number of hydrogen-bond donors (Lipinski definition) is 2. The molecule has 0 radical (unpaired) electrons. The molecule has 3 aliphatic heterocycles. The number of nitrogens with two attached hydrogens (primary N) is 1. The molecule has 2 fully saturated rings. The Morgan fingerprint density at radius 2 is 1.93 bits per heavy atom. The average molecular weight is 664 g/mol. The first-order valence-electron chi connectivity index (χ1n) is 14.4. The van der Waals surface area contributed by atoms with Gasteiger partial charge >= 0.3 is 0 Å². The number of benzene rings is 1. The molecule has 13 nitrogen and oxygen atoms in total. The first-order chi connectivity index (χ1) is 21.0. The molecule has 3 aromatic rings. The number of hydrogen-bond acceptors (Lipinski definition) is 9. The molecule has 16 heteroatoms. The molecule has 6 rings (SSSR count). The minimum atomic E-state index is -4.20. The minimum Gasteiger partial charge on any atom is -0.378 e. The third-order valence-electron chi connectivity index (χ3n) is 8.36. The predicted octanol–water partition coefficient (Wildman–Crippen LogP) is 1.06. The second-order valence-electron chi connectivity index (χ2n) is 11.4. The molecule has 44 heavy (non-hydrogen) atoms. The van der Waals surface area contributed by atoms with E-state index < -0.39 is 22.0 Å². The van der Waals surface area contributed by atoms with Gasteiger partial charge in [0.05, 0.1) is 31.4 Å². The van der Waals surface area contributed by atoms with E-state index >= 15 is 0 Å². The number of piperazine rings is 1. The molecule has 1 aromatic carbocycles. The van der Waals surface area contributed by atoms with Crippen LogP contribution < -0.4 is 5.73 Å². The number of primary amides is 1. The minimum absolute atomic E-state index is 0.00369. The van der Waals surface area contributed by atoms with Gasteiger partial charge in [-0.25, -0.2) is 13.4 Å². The van der Waals surface area contributed by atoms with Gasteiger partial charge in [0.2, 0.25) is 11.8 Å². The fraction of sp³-hybridized carbons (Fsp3) is 0.500. The molecule has 236 valence electrons. The van der Waals surface area contributed by atoms with Crippen LogP contribution >= 0.6 is 22.9 Å². The smallest absolute Gasteiger partial charge is 0.283 e. The van der Waals surface area contributed by atoms with Crippen LogP contribution in [0.5, 0.6) is 0 Å². The van der Waals surface area contributed by atoms with Crippen LogP contribution in [0, 0.1) is 0 Å². The maximum Gasteiger partial charge on any atom is 0.283 e. The molecular weight excluding hydrogens is 630 g/mol. The van der Waals surface area contributed by atoms with E-state index in [2.05, 4.69) is 14.9 Å². The van der Waals surface area contributed by atoms with Crippen molar-refractivity contribution in [2.45, 2.75) is 36.9 Å². The highest BCUT2D eigenvalue weighted by atomic mass is 35.5. The zero-order valence-corrected chi connectivity index (χ0v) is 26.6. The monoisotopic (exact) mass is 663 g/mol. The Kier molecular flexibility index (Phi) is 8.69. The van der Waals surface area contributed by atoms with Crippen molar-refractivity contribution in [1.29, 1.82) is 0 Å². The van der Waals surface area contributed by atoms with Gasteiger partial charge in [-0.2, -0.15) is 4.31 Å². The lowest BCUT2D eigenvalue weighted by Crippen LogP contribution is -2.58. The fourth-order valence-electron chi connectivity index (χ4n) is 6.06. The topological polar surface area (TPSA) is 162 Å². The number of amides is 3. The van der Waals surface area contributed by atoms with Gasteiger partial charge in [0.15, 0.2) is 10.0 Å². The molecule has 1 atom stereocenters. The highest BCUT2D eigenvalue weighted by Crippen LogP contribution is 2.33. The number of aromatic nitrogens is 2. The Morgan fingerprint density at radius 3 is 2.68 bits per heavy atom. The Balaban J connectivity index is 1.31. The standard InChI is InChI=1S/C28H34ClN7O6S2/c1-33-5-4-22-23(16-33)43-26(31-22)28(39)36-7-6-35(15-18(36)13-25(38)34-8-10-42-11-9-34)44(40,41)27-20(14-24(30)37)19-12-17(29)2-3-21(19)32-27/h2-3,12,18,32H,4-11,13-16H2,1H3,(H2,30,37). The van der Waals surface area contributed by atoms with Crippen molar-refractivity contribution in [1.82, 2.24) is 29.0 Å². The lowest BCUT2D eigenvalue weighted by atomic mass is 10.1. The summed E-state index contributed by atoms with van der Waals surface area (Å²) in [6.45, 7) is 3.24. The van der Waals surface area contributed by atoms with E-state index in [1.807, 2.05) is 7.05 Å². The summed E-state index contributed by atoms with van der Waals surface area (Å²) in [7, 11) is -2.18. The number of rotatable bonds is 7. The lowest BCUT2D eigenvalue weighted by molar-refractivity contribution is -0.136. The molecule has 0 bridgehead atoms. The fourth-order valence-corrected chi connectivity index (χ4v) is 9.06. The SMILES string of the molecule is CN1CCc2nc(C(=O)N3CCN(S(=O)(=O)c4[nH]c5ccc(Cl)cc5c4CC(N)=O)CC3CC(=O)N3CCOCC3)sc2C1. The summed E-state index contributed by atoms with van der Waals surface area (Å²) in [4.78, 5) is 53.4. The third-order valence-corrected chi connectivity index (χ3v) is 11.5. The van der Waals surface area contributed by atoms with Crippen molar-refractivity contribution >= 4 is 61.6 Å². The predicted molar refractivity (Wildman–Crippen MR) is 164 cm³/mol. The molecular formula is C28H34ClN7O6S2. The molecule has 0 saturated carbocycles. The Bertz CT molecular complexity index is 1720. The van der Waals surface area contributed by atoms with Crippen molar-refractivity contribution in [2.75, 3.05) is 59.5 Å². The summed E-state index contributed by atoms with van der Waals surface area (Å²) in [6, 6.07) is 4.13. The van der Waals surface area contributed by atoms with Gasteiger partial charge in [-0.3, -0.25) is 14.4 Å². The average Bonchev–Trinajstić information content (AvgIpc) is 3.58. The molecule has 2 aromatic heterocycles. The molecule has 5 heterocycles. The zero-order valence-electron chi connectivity index (χ0n) is 24.3. The number of morpholine rings is 1. The van der Waals surface area contributed by atoms with Crippen LogP contribution in [0.1, 0.15) is 32.4 Å². The summed E-state index contributed by atoms with van der Waals surface area (Å²) in [5, 5.41) is 1.07. The van der Waals surface area contributed by atoms with E-state index in [0.29, 0.717) is 53.8 Å². The maximum absolute atomic E-state index is 14.2. The number of carbonyl (C=O) groups excluding carboxylic acids is 3. The molecule has 1 unspecified atom stereocenters. The van der Waals surface area contributed by atoms with Crippen LogP contribution in [-0.2, 0) is 43.7 Å². The molecule has 0 aliphatic carbocycles. The number of thiazole rings is 1. The largest absolute Gasteiger partial charge is 0.378 e. The number of H-pyrrole nitrogens is 1. The molecule has 3 amide bonds. The Hall–Kier alpha value is -3.08. The van der Waals surface area contributed by atoms with Gasteiger partial charge in [0, 0.05) is 85.0 Å². The van der Waals surface area contributed by atoms with Gasteiger partial charge < -0.3 is 30.2 Å². The van der Waals surface area contributed by atoms with Gasteiger partial charge in [0.1, 0.15) is 0 Å². The van der Waals surface area contributed by atoms with E-state index in [4.69, 9.17) is 22.1 Å². The Morgan fingerprint density at radius 1 is 1.16 bits per heavy atom. The number of aromatic amines is 1. The van der Waals surface area contributed by atoms with Gasteiger partial charge in [-0.05, 0) is 25.2 Å². The van der Waals surface area contributed by atoms with E-state index in [9.17, 15) is 22.8 Å². The van der Waals surface area contributed by atoms with E-state index in [0.717, 1.165) is 23.5 Å². The highest BCUT2D eigenvalue weighted by molar-refractivity contribution is 7.89. The van der Waals surface area contributed by atoms with Crippen molar-refractivity contribution in [3.63, 3.8) is 0 Å². The zero-order chi connectivity index (χ0) is 31.2. The van der Waals surface area contributed by atoms with E-state index in [-0.39, 0.29) is 54.9 Å². The van der Waals surface area contributed by atoms with Gasteiger partial charge in [-0.1, -0.05) is 11.6 Å². The molecule has 3 aliphatic rings. The number of ether oxygens (including phenoxy) is 1. The van der Waals surface area contributed by atoms with Crippen molar-refractivity contribution in [3.05, 3.63) is 44.4 Å². The van der Waals surface area contributed by atoms with Crippen LogP contribution in [0.4, 0.5) is 0 Å². The highest BCUT2D eigenvalue weighted by Gasteiger charge is 2.41. The summed E-state index contributed by atoms with van der Waals surface area (Å²) in [6.07, 6.45) is 0.391. The van der Waals surface area contributed by atoms with Gasteiger partial charge in [-0.15, -0.1) is 11.3 Å². The summed E-state index contributed by atoms with van der Waals surface area (Å²) >= 11 is 7.55. The van der Waals surface area contributed by atoms with Crippen LogP contribution in [0.2, 0.25) is 5.02 Å². The normalized spacial score (nSPS) is 20.2. The number of sulfonamides is 1. The van der Waals surface area contributed by atoms with Crippen LogP contribution in [0.25, 0.3) is 10.9 Å². The number of carbonyl (C=O) groups is 3. The molecule has 3 N–H and O–H groups in total. The second kappa shape index (κ2) is 12.4. The van der Waals surface area contributed by atoms with Crippen LogP contribution in [0.15, 0.2) is 23.2 Å². The number of fused-ring (bicyclic) bond motifs is 2. The van der Waals surface area contributed by atoms with Crippen molar-refractivity contribution in [2.24, 2.45) is 5.73 Å². The number of nitrogens with zero attached hydrogens (tertiary/aromatic N) is 5. The number of halogens is 1. The third kappa shape index (κ3) is 6.08. The number of likely N-dealkylation sites (N-methyl/N-ethyl adjacent to an activating group) is 1.